The van der Waals surface area contributed by atoms with Gasteiger partial charge in [-0.3, -0.25) is 29.2 Å². The SMILES string of the molecule is O=C1CCC(N2Cc3cc(C4CCN(Cc5cccc(-n6c(=O)[nH]c7ccccc76)c5)CC4)ccc3C2=O)C(=O)N1. The number of aromatic nitrogens is 2. The number of nitrogens with zero attached hydrogens (tertiary/aromatic N) is 3. The number of fused-ring (bicyclic) bond motifs is 2. The van der Waals surface area contributed by atoms with Gasteiger partial charge in [0.2, 0.25) is 11.8 Å². The molecule has 9 nitrogen and oxygen atoms in total. The zero-order chi connectivity index (χ0) is 28.1. The molecule has 2 N–H and O–H groups in total. The average molecular weight is 550 g/mol. The molecule has 0 bridgehead atoms. The van der Waals surface area contributed by atoms with E-state index < -0.39 is 6.04 Å². The summed E-state index contributed by atoms with van der Waals surface area (Å²) in [7, 11) is 0. The molecule has 2 fully saturated rings. The van der Waals surface area contributed by atoms with Gasteiger partial charge in [0.25, 0.3) is 5.91 Å². The van der Waals surface area contributed by atoms with Crippen LogP contribution in [0.25, 0.3) is 16.7 Å². The smallest absolute Gasteiger partial charge is 0.322 e. The summed E-state index contributed by atoms with van der Waals surface area (Å²) in [5.74, 6) is -0.379. The third kappa shape index (κ3) is 4.66. The van der Waals surface area contributed by atoms with Crippen LogP contribution in [0.5, 0.6) is 0 Å². The monoisotopic (exact) mass is 549 g/mol. The van der Waals surface area contributed by atoms with Gasteiger partial charge < -0.3 is 9.88 Å². The molecule has 4 heterocycles. The first-order chi connectivity index (χ1) is 19.9. The molecular weight excluding hydrogens is 518 g/mol. The van der Waals surface area contributed by atoms with Crippen LogP contribution in [0, 0.1) is 0 Å². The minimum Gasteiger partial charge on any atom is -0.322 e. The lowest BCUT2D eigenvalue weighted by molar-refractivity contribution is -0.136. The lowest BCUT2D eigenvalue weighted by Gasteiger charge is -2.32. The maximum atomic E-state index is 13.0. The number of hydrogen-bond donors (Lipinski definition) is 2. The Balaban J connectivity index is 1.01. The summed E-state index contributed by atoms with van der Waals surface area (Å²) < 4.78 is 1.73. The van der Waals surface area contributed by atoms with Crippen LogP contribution in [0.3, 0.4) is 0 Å². The number of benzene rings is 3. The summed E-state index contributed by atoms with van der Waals surface area (Å²) in [4.78, 5) is 56.6. The number of carbonyl (C=O) groups is 3. The number of hydrogen-bond acceptors (Lipinski definition) is 5. The molecule has 9 heteroatoms. The fourth-order valence-corrected chi connectivity index (χ4v) is 6.64. The summed E-state index contributed by atoms with van der Waals surface area (Å²) in [6, 6.07) is 21.4. The topological polar surface area (TPSA) is 108 Å². The van der Waals surface area contributed by atoms with Crippen molar-refractivity contribution in [2.45, 2.75) is 50.7 Å². The molecule has 3 aliphatic rings. The quantitative estimate of drug-likeness (QED) is 0.371. The summed E-state index contributed by atoms with van der Waals surface area (Å²) in [5, 5.41) is 2.36. The van der Waals surface area contributed by atoms with Crippen molar-refractivity contribution < 1.29 is 14.4 Å². The Kier molecular flexibility index (Phi) is 6.31. The van der Waals surface area contributed by atoms with Crippen molar-refractivity contribution in [2.24, 2.45) is 0 Å². The Morgan fingerprint density at radius 2 is 1.68 bits per heavy atom. The highest BCUT2D eigenvalue weighted by Gasteiger charge is 2.39. The van der Waals surface area contributed by atoms with Crippen LogP contribution in [0.2, 0.25) is 0 Å². The second-order valence-electron chi connectivity index (χ2n) is 11.3. The van der Waals surface area contributed by atoms with Crippen molar-refractivity contribution >= 4 is 28.8 Å². The highest BCUT2D eigenvalue weighted by Crippen LogP contribution is 2.34. The van der Waals surface area contributed by atoms with Crippen molar-refractivity contribution in [3.05, 3.63) is 99.5 Å². The first-order valence-electron chi connectivity index (χ1n) is 14.2. The molecule has 41 heavy (non-hydrogen) atoms. The van der Waals surface area contributed by atoms with Crippen LogP contribution in [-0.4, -0.2) is 56.2 Å². The maximum Gasteiger partial charge on any atom is 0.331 e. The molecule has 1 aromatic heterocycles. The molecule has 3 aliphatic heterocycles. The van der Waals surface area contributed by atoms with Crippen LogP contribution in [-0.2, 0) is 22.7 Å². The van der Waals surface area contributed by atoms with Gasteiger partial charge in [-0.2, -0.15) is 0 Å². The first kappa shape index (κ1) is 25.5. The van der Waals surface area contributed by atoms with Gasteiger partial charge in [-0.25, -0.2) is 4.79 Å². The Hall–Kier alpha value is -4.50. The highest BCUT2D eigenvalue weighted by molar-refractivity contribution is 6.05. The Morgan fingerprint density at radius 1 is 0.854 bits per heavy atom. The summed E-state index contributed by atoms with van der Waals surface area (Å²) >= 11 is 0. The minimum atomic E-state index is -0.590. The number of nitrogens with one attached hydrogen (secondary N) is 2. The number of piperidine rings is 2. The zero-order valence-corrected chi connectivity index (χ0v) is 22.6. The molecule has 1 unspecified atom stereocenters. The number of likely N-dealkylation sites (tertiary alicyclic amines) is 1. The Labute approximate surface area is 236 Å². The van der Waals surface area contributed by atoms with E-state index in [0.717, 1.165) is 54.8 Å². The minimum absolute atomic E-state index is 0.131. The molecule has 4 aromatic rings. The van der Waals surface area contributed by atoms with Crippen molar-refractivity contribution in [1.82, 2.24) is 24.7 Å². The normalized spacial score (nSPS) is 20.0. The second-order valence-corrected chi connectivity index (χ2v) is 11.3. The number of carbonyl (C=O) groups excluding carboxylic acids is 3. The number of rotatable bonds is 5. The van der Waals surface area contributed by atoms with Crippen molar-refractivity contribution in [2.75, 3.05) is 13.1 Å². The number of imidazole rings is 1. The molecule has 0 aliphatic carbocycles. The van der Waals surface area contributed by atoms with Crippen molar-refractivity contribution in [3.63, 3.8) is 0 Å². The largest absolute Gasteiger partial charge is 0.331 e. The van der Waals surface area contributed by atoms with Gasteiger partial charge in [0.15, 0.2) is 0 Å². The number of aromatic amines is 1. The Bertz CT molecular complexity index is 1750. The third-order valence-electron chi connectivity index (χ3n) is 8.77. The fourth-order valence-electron chi connectivity index (χ4n) is 6.64. The molecule has 7 rings (SSSR count). The van der Waals surface area contributed by atoms with Gasteiger partial charge in [-0.15, -0.1) is 0 Å². The predicted octanol–water partition coefficient (Wildman–Crippen LogP) is 3.46. The molecule has 1 atom stereocenters. The van der Waals surface area contributed by atoms with Crippen LogP contribution >= 0.6 is 0 Å². The summed E-state index contributed by atoms with van der Waals surface area (Å²) in [6.45, 7) is 3.14. The zero-order valence-electron chi connectivity index (χ0n) is 22.6. The van der Waals surface area contributed by atoms with Crippen LogP contribution in [0.4, 0.5) is 0 Å². The molecule has 0 spiro atoms. The van der Waals surface area contributed by atoms with E-state index in [2.05, 4.69) is 39.5 Å². The van der Waals surface area contributed by atoms with Gasteiger partial charge in [0.05, 0.1) is 16.7 Å². The van der Waals surface area contributed by atoms with E-state index in [-0.39, 0.29) is 29.8 Å². The van der Waals surface area contributed by atoms with E-state index in [9.17, 15) is 19.2 Å². The van der Waals surface area contributed by atoms with E-state index >= 15 is 0 Å². The third-order valence-corrected chi connectivity index (χ3v) is 8.77. The molecule has 0 radical (unpaired) electrons. The number of H-pyrrole nitrogens is 1. The molecular formula is C32H31N5O4. The van der Waals surface area contributed by atoms with E-state index in [0.29, 0.717) is 24.4 Å². The molecule has 208 valence electrons. The van der Waals surface area contributed by atoms with E-state index in [1.807, 2.05) is 42.5 Å². The van der Waals surface area contributed by atoms with Gasteiger partial charge in [0, 0.05) is 25.1 Å². The second kappa shape index (κ2) is 10.2. The lowest BCUT2D eigenvalue weighted by Crippen LogP contribution is -2.52. The summed E-state index contributed by atoms with van der Waals surface area (Å²) in [5.41, 5.74) is 6.44. The average Bonchev–Trinajstić information content (AvgIpc) is 3.49. The van der Waals surface area contributed by atoms with E-state index in [4.69, 9.17) is 0 Å². The summed E-state index contributed by atoms with van der Waals surface area (Å²) in [6.07, 6.45) is 2.67. The van der Waals surface area contributed by atoms with Crippen LogP contribution in [0.15, 0.2) is 71.5 Å². The standard InChI is InChI=1S/C32H31N5O4/c38-29-11-10-28(30(39)34-29)36-19-23-17-22(8-9-25(23)31(36)40)21-12-14-35(15-13-21)18-20-4-3-5-24(16-20)37-27-7-2-1-6-26(27)33-32(37)41/h1-9,16-17,21,28H,10-15,18-19H2,(H,33,41)(H,34,38,39). The van der Waals surface area contributed by atoms with Crippen LogP contribution < -0.4 is 11.0 Å². The van der Waals surface area contributed by atoms with Crippen LogP contribution in [0.1, 0.15) is 58.6 Å². The molecule has 2 saturated heterocycles. The highest BCUT2D eigenvalue weighted by atomic mass is 16.2. The molecule has 3 aromatic carbocycles. The Morgan fingerprint density at radius 3 is 2.51 bits per heavy atom. The first-order valence-corrected chi connectivity index (χ1v) is 14.2. The molecule has 0 saturated carbocycles. The van der Waals surface area contributed by atoms with Crippen molar-refractivity contribution in [1.29, 1.82) is 0 Å². The predicted molar refractivity (Wildman–Crippen MR) is 154 cm³/mol. The van der Waals surface area contributed by atoms with Crippen molar-refractivity contribution in [3.8, 4) is 5.69 Å². The van der Waals surface area contributed by atoms with Gasteiger partial charge in [-0.05, 0) is 85.3 Å². The van der Waals surface area contributed by atoms with E-state index in [1.54, 1.807) is 9.47 Å². The van der Waals surface area contributed by atoms with Gasteiger partial charge in [-0.1, -0.05) is 36.4 Å². The number of imide groups is 1. The number of para-hydroxylation sites is 2. The van der Waals surface area contributed by atoms with E-state index in [1.165, 1.54) is 11.1 Å². The molecule has 3 amide bonds. The lowest BCUT2D eigenvalue weighted by atomic mass is 9.87. The maximum absolute atomic E-state index is 13.0. The number of amides is 3. The fraction of sp³-hybridized carbons (Fsp3) is 0.312. The van der Waals surface area contributed by atoms with Gasteiger partial charge in [0.1, 0.15) is 6.04 Å². The van der Waals surface area contributed by atoms with Gasteiger partial charge >= 0.3 is 5.69 Å².